The molecule has 2 heterocycles. The van der Waals surface area contributed by atoms with Crippen molar-refractivity contribution in [1.82, 2.24) is 4.57 Å². The fourth-order valence-corrected chi connectivity index (χ4v) is 5.97. The first kappa shape index (κ1) is 33.5. The van der Waals surface area contributed by atoms with Gasteiger partial charge in [0.2, 0.25) is 17.5 Å². The minimum absolute atomic E-state index is 0.00603. The fraction of sp³-hybridized carbons (Fsp3) is 0.208. The lowest BCUT2D eigenvalue weighted by Gasteiger charge is -2.16. The van der Waals surface area contributed by atoms with E-state index in [0.29, 0.717) is 28.3 Å². The number of nitrogens with one attached hydrogen (secondary N) is 1. The number of aromatic hydroxyl groups is 1. The molecule has 0 saturated heterocycles. The van der Waals surface area contributed by atoms with Gasteiger partial charge in [0.1, 0.15) is 16.6 Å². The molecule has 0 aliphatic rings. The summed E-state index contributed by atoms with van der Waals surface area (Å²) in [5.41, 5.74) is 3.32. The smallest absolute Gasteiger partial charge is 0.294 e. The zero-order valence-electron chi connectivity index (χ0n) is 22.6. The van der Waals surface area contributed by atoms with Crippen molar-refractivity contribution in [2.75, 3.05) is 5.32 Å². The molecule has 0 aliphatic heterocycles. The quantitative estimate of drug-likeness (QED) is 0.119. The van der Waals surface area contributed by atoms with Gasteiger partial charge in [-0.15, -0.1) is 16.5 Å². The number of pyridine rings is 1. The SMILES string of the molecule is [C-]#[N+]c1c(N=Nc2c(CC)c(C(N)=O)c(O)n(CCC(=O)Nc3cc(S(=O)(=O)O)cc(S(=O)(=O)O)c3)c2=O)sc(C#N)c1C. The van der Waals surface area contributed by atoms with Crippen LogP contribution in [0.1, 0.15) is 39.7 Å². The number of carbonyl (C=O) groups excluding carboxylic acids is 2. The molecule has 2 aromatic heterocycles. The van der Waals surface area contributed by atoms with E-state index in [4.69, 9.17) is 12.3 Å². The molecule has 3 rings (SSSR count). The van der Waals surface area contributed by atoms with Gasteiger partial charge >= 0.3 is 0 Å². The van der Waals surface area contributed by atoms with Crippen LogP contribution in [0.15, 0.2) is 43.0 Å². The average molecular weight is 664 g/mol. The van der Waals surface area contributed by atoms with Crippen LogP contribution in [0.5, 0.6) is 5.88 Å². The van der Waals surface area contributed by atoms with E-state index >= 15 is 0 Å². The van der Waals surface area contributed by atoms with E-state index in [1.165, 1.54) is 13.8 Å². The van der Waals surface area contributed by atoms with Gasteiger partial charge in [-0.2, -0.15) is 27.2 Å². The van der Waals surface area contributed by atoms with Gasteiger partial charge < -0.3 is 16.2 Å². The van der Waals surface area contributed by atoms with E-state index in [0.717, 1.165) is 11.3 Å². The molecule has 20 heteroatoms. The molecule has 1 aromatic carbocycles. The largest absolute Gasteiger partial charge is 0.494 e. The van der Waals surface area contributed by atoms with Crippen molar-refractivity contribution in [3.05, 3.63) is 61.5 Å². The number of amides is 2. The summed E-state index contributed by atoms with van der Waals surface area (Å²) >= 11 is 0.842. The summed E-state index contributed by atoms with van der Waals surface area (Å²) < 4.78 is 65.3. The molecule has 230 valence electrons. The Bertz CT molecular complexity index is 2050. The van der Waals surface area contributed by atoms with Crippen molar-refractivity contribution < 1.29 is 40.6 Å². The Balaban J connectivity index is 2.04. The van der Waals surface area contributed by atoms with E-state index in [2.05, 4.69) is 20.4 Å². The Hall–Kier alpha value is -4.99. The molecule has 0 radical (unpaired) electrons. The molecule has 0 unspecified atom stereocenters. The van der Waals surface area contributed by atoms with Gasteiger partial charge in [0.05, 0.1) is 21.2 Å². The zero-order chi connectivity index (χ0) is 33.1. The van der Waals surface area contributed by atoms with E-state index in [-0.39, 0.29) is 27.5 Å². The highest BCUT2D eigenvalue weighted by Crippen LogP contribution is 2.42. The molecule has 3 aromatic rings. The Morgan fingerprint density at radius 1 is 1.16 bits per heavy atom. The van der Waals surface area contributed by atoms with Crippen LogP contribution in [0.3, 0.4) is 0 Å². The summed E-state index contributed by atoms with van der Waals surface area (Å²) in [5, 5.41) is 30.0. The number of thiophene rings is 1. The van der Waals surface area contributed by atoms with Crippen LogP contribution in [0.25, 0.3) is 4.85 Å². The summed E-state index contributed by atoms with van der Waals surface area (Å²) in [6, 6.07) is 3.77. The van der Waals surface area contributed by atoms with Gasteiger partial charge in [-0.25, -0.2) is 4.85 Å². The van der Waals surface area contributed by atoms with Crippen molar-refractivity contribution in [2.24, 2.45) is 16.0 Å². The number of azo groups is 1. The Morgan fingerprint density at radius 3 is 2.23 bits per heavy atom. The monoisotopic (exact) mass is 663 g/mol. The number of benzene rings is 1. The van der Waals surface area contributed by atoms with Gasteiger partial charge in [-0.1, -0.05) is 6.92 Å². The van der Waals surface area contributed by atoms with Gasteiger partial charge in [-0.05, 0) is 37.1 Å². The summed E-state index contributed by atoms with van der Waals surface area (Å²) in [6.07, 6.45) is -0.665. The molecule has 17 nitrogen and oxygen atoms in total. The van der Waals surface area contributed by atoms with Crippen molar-refractivity contribution in [3.63, 3.8) is 0 Å². The van der Waals surface area contributed by atoms with E-state index in [1.807, 2.05) is 6.07 Å². The number of nitrogens with zero attached hydrogens (tertiary/aromatic N) is 5. The number of nitriles is 1. The maximum absolute atomic E-state index is 13.4. The highest BCUT2D eigenvalue weighted by atomic mass is 32.2. The summed E-state index contributed by atoms with van der Waals surface area (Å²) in [5.74, 6) is -3.00. The summed E-state index contributed by atoms with van der Waals surface area (Å²) in [6.45, 7) is 9.82. The second-order valence-electron chi connectivity index (χ2n) is 8.78. The predicted molar refractivity (Wildman–Crippen MR) is 154 cm³/mol. The minimum atomic E-state index is -4.97. The third kappa shape index (κ3) is 6.96. The van der Waals surface area contributed by atoms with Crippen LogP contribution >= 0.6 is 11.3 Å². The molecular formula is C24H21N7O10S3. The molecule has 0 spiro atoms. The predicted octanol–water partition coefficient (Wildman–Crippen LogP) is 2.95. The number of aromatic nitrogens is 1. The molecule has 6 N–H and O–H groups in total. The molecule has 2 amide bonds. The molecule has 0 bridgehead atoms. The Morgan fingerprint density at radius 2 is 1.75 bits per heavy atom. The molecular weight excluding hydrogens is 643 g/mol. The summed E-state index contributed by atoms with van der Waals surface area (Å²) in [7, 11) is -9.93. The standard InChI is InChI=1S/C24H21N7O10S3/c1-4-15-18(21(26)33)23(34)31(24(35)20(15)29-30-22-19(27-3)11(2)16(10-25)42-22)6-5-17(32)28-12-7-13(43(36,37)38)9-14(8-12)44(39,40)41/h7-9,34H,4-6H2,1-2H3,(H2,26,33)(H,28,32)(H,36,37,38)(H,39,40,41). The Kier molecular flexibility index (Phi) is 9.68. The van der Waals surface area contributed by atoms with Gasteiger partial charge in [0, 0.05) is 24.2 Å². The van der Waals surface area contributed by atoms with Crippen molar-refractivity contribution in [1.29, 1.82) is 5.26 Å². The second kappa shape index (κ2) is 12.7. The first-order valence-electron chi connectivity index (χ1n) is 12.0. The molecule has 44 heavy (non-hydrogen) atoms. The lowest BCUT2D eigenvalue weighted by atomic mass is 10.0. The van der Waals surface area contributed by atoms with Crippen LogP contribution in [0, 0.1) is 24.8 Å². The van der Waals surface area contributed by atoms with Crippen LogP contribution in [-0.4, -0.2) is 47.4 Å². The molecule has 0 fully saturated rings. The number of carbonyl (C=O) groups is 2. The van der Waals surface area contributed by atoms with Gasteiger partial charge in [-0.3, -0.25) is 28.1 Å². The zero-order valence-corrected chi connectivity index (χ0v) is 25.0. The van der Waals surface area contributed by atoms with Crippen LogP contribution in [0.2, 0.25) is 0 Å². The number of nitrogens with two attached hydrogens (primary N) is 1. The lowest BCUT2D eigenvalue weighted by molar-refractivity contribution is -0.116. The van der Waals surface area contributed by atoms with Gasteiger partial charge in [0.25, 0.3) is 31.7 Å². The first-order chi connectivity index (χ1) is 20.4. The van der Waals surface area contributed by atoms with Crippen molar-refractivity contribution in [3.8, 4) is 11.9 Å². The summed E-state index contributed by atoms with van der Waals surface area (Å²) in [4.78, 5) is 39.9. The van der Waals surface area contributed by atoms with E-state index in [9.17, 15) is 50.7 Å². The number of hydrogen-bond donors (Lipinski definition) is 5. The fourth-order valence-electron chi connectivity index (χ4n) is 3.92. The molecule has 0 aliphatic carbocycles. The Labute approximate surface area is 253 Å². The maximum Gasteiger partial charge on any atom is 0.294 e. The third-order valence-corrected chi connectivity index (χ3v) is 8.72. The van der Waals surface area contributed by atoms with Crippen molar-refractivity contribution in [2.45, 2.75) is 43.0 Å². The normalized spacial score (nSPS) is 11.7. The first-order valence-corrected chi connectivity index (χ1v) is 15.6. The number of rotatable bonds is 10. The highest BCUT2D eigenvalue weighted by molar-refractivity contribution is 7.86. The molecule has 0 atom stereocenters. The van der Waals surface area contributed by atoms with Crippen LogP contribution in [-0.2, 0) is 38.0 Å². The van der Waals surface area contributed by atoms with Crippen LogP contribution < -0.4 is 16.6 Å². The topological polar surface area (TPSA) is 276 Å². The van der Waals surface area contributed by atoms with Crippen LogP contribution in [0.4, 0.5) is 22.1 Å². The number of primary amides is 1. The van der Waals surface area contributed by atoms with E-state index < -0.39 is 83.2 Å². The number of anilines is 1. The minimum Gasteiger partial charge on any atom is -0.494 e. The number of hydrogen-bond acceptors (Lipinski definition) is 12. The lowest BCUT2D eigenvalue weighted by Crippen LogP contribution is -2.28. The van der Waals surface area contributed by atoms with Gasteiger partial charge in [0.15, 0.2) is 5.69 Å². The average Bonchev–Trinajstić information content (AvgIpc) is 3.24. The third-order valence-electron chi connectivity index (χ3n) is 5.99. The highest BCUT2D eigenvalue weighted by Gasteiger charge is 2.25. The maximum atomic E-state index is 13.4. The van der Waals surface area contributed by atoms with Crippen molar-refractivity contribution >= 4 is 65.5 Å². The second-order valence-corrected chi connectivity index (χ2v) is 12.6. The molecule has 0 saturated carbocycles. The van der Waals surface area contributed by atoms with E-state index in [1.54, 1.807) is 0 Å².